The molecule has 0 aliphatic heterocycles. The topological polar surface area (TPSA) is 86.8 Å². The van der Waals surface area contributed by atoms with Gasteiger partial charge in [0.25, 0.3) is 10.0 Å². The Morgan fingerprint density at radius 3 is 2.11 bits per heavy atom. The first-order chi connectivity index (χ1) is 21.8. The Kier molecular flexibility index (Phi) is 11.1. The number of alkyl halides is 3. The minimum atomic E-state index is -4.82. The Morgan fingerprint density at radius 2 is 1.50 bits per heavy atom. The third kappa shape index (κ3) is 8.27. The molecule has 46 heavy (non-hydrogen) atoms. The molecule has 0 saturated heterocycles. The smallest absolute Gasteiger partial charge is 0.355 e. The lowest BCUT2D eigenvalue weighted by Crippen LogP contribution is -2.53. The maximum Gasteiger partial charge on any atom is 0.416 e. The summed E-state index contributed by atoms with van der Waals surface area (Å²) in [6, 6.07) is 24.4. The average Bonchev–Trinajstić information content (AvgIpc) is 3.03. The van der Waals surface area contributed by atoms with E-state index in [9.17, 15) is 31.2 Å². The molecule has 0 heterocycles. The number of hydrogen-bond donors (Lipinski definition) is 1. The number of aryl methyl sites for hydroxylation is 1. The number of sulfonamides is 1. The van der Waals surface area contributed by atoms with E-state index in [1.54, 1.807) is 49.4 Å². The number of carbonyl (C=O) groups is 2. The van der Waals surface area contributed by atoms with Crippen LogP contribution in [0.15, 0.2) is 108 Å². The zero-order valence-electron chi connectivity index (χ0n) is 25.2. The standard InChI is InChI=1S/C34H33ClF3N3O4S/c1-3-39-33(43)31(20-25-13-6-4-7-14-25)40(22-26-15-11-10-12-24(26)2)32(42)23-41(46(44,45)28-16-8-5-9-17-28)30-21-27(34(36,37)38)18-19-29(30)35/h4-19,21,31H,3,20,22-23H2,1-2H3,(H,39,43)/t31-/m0/s1. The van der Waals surface area contributed by atoms with Crippen molar-refractivity contribution in [1.29, 1.82) is 0 Å². The van der Waals surface area contributed by atoms with Crippen LogP contribution in [0.1, 0.15) is 29.2 Å². The molecule has 4 rings (SSSR count). The SMILES string of the molecule is CCNC(=O)[C@H](Cc1ccccc1)N(Cc1ccccc1C)C(=O)CN(c1cc(C(F)(F)F)ccc1Cl)S(=O)(=O)c1ccccc1. The van der Waals surface area contributed by atoms with Gasteiger partial charge in [-0.2, -0.15) is 13.2 Å². The fourth-order valence-corrected chi connectivity index (χ4v) is 6.65. The molecular formula is C34H33ClF3N3O4S. The van der Waals surface area contributed by atoms with Crippen LogP contribution < -0.4 is 9.62 Å². The second-order valence-electron chi connectivity index (χ2n) is 10.5. The molecule has 4 aromatic carbocycles. The minimum absolute atomic E-state index is 0.0737. The largest absolute Gasteiger partial charge is 0.416 e. The zero-order valence-corrected chi connectivity index (χ0v) is 26.7. The molecule has 4 aromatic rings. The Labute approximate surface area is 271 Å². The summed E-state index contributed by atoms with van der Waals surface area (Å²) in [7, 11) is -4.63. The molecule has 7 nitrogen and oxygen atoms in total. The predicted molar refractivity (Wildman–Crippen MR) is 172 cm³/mol. The number of likely N-dealkylation sites (N-methyl/N-ethyl adjacent to an activating group) is 1. The van der Waals surface area contributed by atoms with Gasteiger partial charge in [-0.05, 0) is 60.9 Å². The molecule has 0 bridgehead atoms. The Bertz CT molecular complexity index is 1770. The number of rotatable bonds is 12. The van der Waals surface area contributed by atoms with Crippen LogP contribution in [-0.4, -0.2) is 44.3 Å². The van der Waals surface area contributed by atoms with Gasteiger partial charge in [0.05, 0.1) is 21.2 Å². The molecule has 0 saturated carbocycles. The second kappa shape index (κ2) is 14.8. The van der Waals surface area contributed by atoms with Crippen LogP contribution in [-0.2, 0) is 38.8 Å². The second-order valence-corrected chi connectivity index (χ2v) is 12.8. The summed E-state index contributed by atoms with van der Waals surface area (Å²) in [5.41, 5.74) is 0.601. The zero-order chi connectivity index (χ0) is 33.5. The van der Waals surface area contributed by atoms with Gasteiger partial charge in [0.1, 0.15) is 12.6 Å². The number of anilines is 1. The van der Waals surface area contributed by atoms with Crippen molar-refractivity contribution < 1.29 is 31.2 Å². The number of nitrogens with one attached hydrogen (secondary N) is 1. The monoisotopic (exact) mass is 671 g/mol. The lowest BCUT2D eigenvalue weighted by Gasteiger charge is -2.34. The molecule has 2 amide bonds. The van der Waals surface area contributed by atoms with E-state index in [4.69, 9.17) is 11.6 Å². The van der Waals surface area contributed by atoms with Gasteiger partial charge in [-0.25, -0.2) is 8.42 Å². The number of amides is 2. The minimum Gasteiger partial charge on any atom is -0.355 e. The molecule has 1 N–H and O–H groups in total. The van der Waals surface area contributed by atoms with Gasteiger partial charge < -0.3 is 10.2 Å². The van der Waals surface area contributed by atoms with E-state index in [1.807, 2.05) is 25.1 Å². The van der Waals surface area contributed by atoms with E-state index in [0.717, 1.165) is 23.3 Å². The van der Waals surface area contributed by atoms with Crippen LogP contribution in [0.5, 0.6) is 0 Å². The number of carbonyl (C=O) groups excluding carboxylic acids is 2. The van der Waals surface area contributed by atoms with Gasteiger partial charge in [0, 0.05) is 19.5 Å². The number of hydrogen-bond acceptors (Lipinski definition) is 4. The van der Waals surface area contributed by atoms with Gasteiger partial charge >= 0.3 is 6.18 Å². The van der Waals surface area contributed by atoms with Gasteiger partial charge in [-0.3, -0.25) is 13.9 Å². The maximum absolute atomic E-state index is 14.4. The molecule has 0 radical (unpaired) electrons. The molecule has 1 atom stereocenters. The van der Waals surface area contributed by atoms with Gasteiger partial charge in [0.2, 0.25) is 11.8 Å². The molecule has 0 fully saturated rings. The quantitative estimate of drug-likeness (QED) is 0.183. The van der Waals surface area contributed by atoms with E-state index < -0.39 is 51.9 Å². The van der Waals surface area contributed by atoms with Crippen molar-refractivity contribution in [3.8, 4) is 0 Å². The summed E-state index contributed by atoms with van der Waals surface area (Å²) in [6.07, 6.45) is -4.72. The van der Waals surface area contributed by atoms with Crippen molar-refractivity contribution in [1.82, 2.24) is 10.2 Å². The van der Waals surface area contributed by atoms with Crippen LogP contribution in [0, 0.1) is 6.92 Å². The summed E-state index contributed by atoms with van der Waals surface area (Å²) >= 11 is 6.35. The van der Waals surface area contributed by atoms with Crippen LogP contribution in [0.4, 0.5) is 18.9 Å². The summed E-state index contributed by atoms with van der Waals surface area (Å²) in [5, 5.41) is 2.46. The molecular weight excluding hydrogens is 639 g/mol. The highest BCUT2D eigenvalue weighted by molar-refractivity contribution is 7.92. The Morgan fingerprint density at radius 1 is 0.891 bits per heavy atom. The van der Waals surface area contributed by atoms with Crippen molar-refractivity contribution in [2.75, 3.05) is 17.4 Å². The molecule has 0 aliphatic rings. The van der Waals surface area contributed by atoms with Crippen LogP contribution >= 0.6 is 11.6 Å². The van der Waals surface area contributed by atoms with E-state index >= 15 is 0 Å². The number of benzene rings is 4. The molecule has 242 valence electrons. The summed E-state index contributed by atoms with van der Waals surface area (Å²) in [5.74, 6) is -1.29. The van der Waals surface area contributed by atoms with E-state index in [0.29, 0.717) is 15.9 Å². The third-order valence-electron chi connectivity index (χ3n) is 7.38. The van der Waals surface area contributed by atoms with E-state index in [2.05, 4.69) is 5.32 Å². The predicted octanol–water partition coefficient (Wildman–Crippen LogP) is 6.64. The third-order valence-corrected chi connectivity index (χ3v) is 9.47. The number of nitrogens with zero attached hydrogens (tertiary/aromatic N) is 2. The van der Waals surface area contributed by atoms with Crippen molar-refractivity contribution in [2.24, 2.45) is 0 Å². The molecule has 0 aromatic heterocycles. The van der Waals surface area contributed by atoms with Crippen molar-refractivity contribution >= 4 is 39.1 Å². The summed E-state index contributed by atoms with van der Waals surface area (Å²) in [6.45, 7) is 2.83. The summed E-state index contributed by atoms with van der Waals surface area (Å²) < 4.78 is 70.1. The van der Waals surface area contributed by atoms with Crippen LogP contribution in [0.3, 0.4) is 0 Å². The molecule has 0 spiro atoms. The van der Waals surface area contributed by atoms with Crippen LogP contribution in [0.25, 0.3) is 0 Å². The van der Waals surface area contributed by atoms with Crippen LogP contribution in [0.2, 0.25) is 5.02 Å². The Balaban J connectivity index is 1.87. The molecule has 0 aliphatic carbocycles. The highest BCUT2D eigenvalue weighted by atomic mass is 35.5. The highest BCUT2D eigenvalue weighted by Gasteiger charge is 2.37. The fourth-order valence-electron chi connectivity index (χ4n) is 4.93. The molecule has 0 unspecified atom stereocenters. The normalized spacial score (nSPS) is 12.3. The van der Waals surface area contributed by atoms with Crippen molar-refractivity contribution in [3.05, 3.63) is 130 Å². The lowest BCUT2D eigenvalue weighted by molar-refractivity contribution is -0.140. The van der Waals surface area contributed by atoms with Gasteiger partial charge in [0.15, 0.2) is 0 Å². The highest BCUT2D eigenvalue weighted by Crippen LogP contribution is 2.37. The lowest BCUT2D eigenvalue weighted by atomic mass is 10.0. The van der Waals surface area contributed by atoms with Gasteiger partial charge in [-0.15, -0.1) is 0 Å². The fraction of sp³-hybridized carbons (Fsp3) is 0.235. The summed E-state index contributed by atoms with van der Waals surface area (Å²) in [4.78, 5) is 29.0. The van der Waals surface area contributed by atoms with E-state index in [1.165, 1.54) is 29.2 Å². The first kappa shape index (κ1) is 34.5. The molecule has 12 heteroatoms. The van der Waals surface area contributed by atoms with Crippen molar-refractivity contribution in [3.63, 3.8) is 0 Å². The number of halogens is 4. The van der Waals surface area contributed by atoms with Crippen molar-refractivity contribution in [2.45, 2.75) is 43.9 Å². The Hall–Kier alpha value is -4.35. The first-order valence-electron chi connectivity index (χ1n) is 14.4. The van der Waals surface area contributed by atoms with E-state index in [-0.39, 0.29) is 29.4 Å². The average molecular weight is 672 g/mol. The first-order valence-corrected chi connectivity index (χ1v) is 16.2. The van der Waals surface area contributed by atoms with Gasteiger partial charge in [-0.1, -0.05) is 84.4 Å². The maximum atomic E-state index is 14.4.